The van der Waals surface area contributed by atoms with Crippen molar-refractivity contribution in [2.24, 2.45) is 11.7 Å². The molecule has 1 aromatic rings. The predicted molar refractivity (Wildman–Crippen MR) is 86.5 cm³/mol. The maximum absolute atomic E-state index is 11.3. The van der Waals surface area contributed by atoms with Crippen LogP contribution in [0.4, 0.5) is 0 Å². The molecule has 1 aromatic carbocycles. The van der Waals surface area contributed by atoms with Crippen molar-refractivity contribution in [1.29, 1.82) is 0 Å². The van der Waals surface area contributed by atoms with Gasteiger partial charge in [-0.1, -0.05) is 23.7 Å². The van der Waals surface area contributed by atoms with Gasteiger partial charge < -0.3 is 15.7 Å². The van der Waals surface area contributed by atoms with Crippen LogP contribution in [0.5, 0.6) is 0 Å². The molecule has 2 atom stereocenters. The van der Waals surface area contributed by atoms with E-state index < -0.39 is 5.60 Å². The lowest BCUT2D eigenvalue weighted by molar-refractivity contribution is -0.0509. The van der Waals surface area contributed by atoms with Gasteiger partial charge in [0.05, 0.1) is 5.60 Å². The topological polar surface area (TPSA) is 49.5 Å². The average Bonchev–Trinajstić information content (AvgIpc) is 2.45. The number of nitrogens with two attached hydrogens (primary N) is 1. The maximum Gasteiger partial charge on any atom is 0.185 e. The normalized spacial score (nSPS) is 23.4. The lowest BCUT2D eigenvalue weighted by Crippen LogP contribution is -2.45. The van der Waals surface area contributed by atoms with E-state index in [1.807, 2.05) is 24.3 Å². The molecule has 110 valence electrons. The number of halogens is 1. The lowest BCUT2D eigenvalue weighted by Gasteiger charge is -2.42. The minimum atomic E-state index is -0.820. The van der Waals surface area contributed by atoms with Crippen LogP contribution in [-0.2, 0) is 5.60 Å². The Morgan fingerprint density at radius 3 is 2.95 bits per heavy atom. The SMILES string of the molecule is BN1CCC[C@@H]([C@@](O)(CCCN)c2cccc(Cl)c2)C1. The quantitative estimate of drug-likeness (QED) is 0.810. The van der Waals surface area contributed by atoms with Crippen molar-refractivity contribution in [1.82, 2.24) is 4.81 Å². The third kappa shape index (κ3) is 3.56. The van der Waals surface area contributed by atoms with E-state index in [0.717, 1.165) is 37.9 Å². The molecule has 0 aliphatic carbocycles. The zero-order valence-corrected chi connectivity index (χ0v) is 12.9. The molecule has 0 radical (unpaired) electrons. The summed E-state index contributed by atoms with van der Waals surface area (Å²) in [5.41, 5.74) is 5.76. The highest BCUT2D eigenvalue weighted by Gasteiger charge is 2.39. The van der Waals surface area contributed by atoms with E-state index in [-0.39, 0.29) is 5.92 Å². The molecule has 2 rings (SSSR count). The first-order valence-electron chi connectivity index (χ1n) is 7.43. The van der Waals surface area contributed by atoms with Crippen LogP contribution in [0.15, 0.2) is 24.3 Å². The number of nitrogens with zero attached hydrogens (tertiary/aromatic N) is 1. The minimum Gasteiger partial charge on any atom is -0.385 e. The van der Waals surface area contributed by atoms with E-state index in [1.54, 1.807) is 0 Å². The van der Waals surface area contributed by atoms with Crippen molar-refractivity contribution < 1.29 is 5.11 Å². The Morgan fingerprint density at radius 2 is 2.30 bits per heavy atom. The van der Waals surface area contributed by atoms with Crippen molar-refractivity contribution in [2.45, 2.75) is 31.3 Å². The van der Waals surface area contributed by atoms with Crippen molar-refractivity contribution >= 4 is 19.6 Å². The molecule has 0 spiro atoms. The van der Waals surface area contributed by atoms with Crippen LogP contribution >= 0.6 is 11.6 Å². The first kappa shape index (κ1) is 15.8. The fourth-order valence-corrected chi connectivity index (χ4v) is 3.46. The fraction of sp³-hybridized carbons (Fsp3) is 0.600. The molecule has 1 aliphatic rings. The number of rotatable bonds is 5. The Kier molecular flexibility index (Phi) is 5.50. The van der Waals surface area contributed by atoms with Gasteiger partial charge in [-0.05, 0) is 63.0 Å². The van der Waals surface area contributed by atoms with Crippen molar-refractivity contribution in [3.8, 4) is 0 Å². The second-order valence-electron chi connectivity index (χ2n) is 5.93. The summed E-state index contributed by atoms with van der Waals surface area (Å²) in [5.74, 6) is 0.242. The molecule has 0 unspecified atom stereocenters. The highest BCUT2D eigenvalue weighted by Crippen LogP contribution is 2.39. The van der Waals surface area contributed by atoms with Crippen molar-refractivity contribution in [3.05, 3.63) is 34.9 Å². The van der Waals surface area contributed by atoms with Crippen LogP contribution in [0.2, 0.25) is 5.02 Å². The van der Waals surface area contributed by atoms with Gasteiger partial charge in [0, 0.05) is 10.9 Å². The minimum absolute atomic E-state index is 0.242. The van der Waals surface area contributed by atoms with E-state index in [2.05, 4.69) is 12.8 Å². The zero-order chi connectivity index (χ0) is 14.6. The van der Waals surface area contributed by atoms with Crippen LogP contribution in [-0.4, -0.2) is 37.5 Å². The molecule has 1 aliphatic heterocycles. The summed E-state index contributed by atoms with van der Waals surface area (Å²) in [4.78, 5) is 2.30. The number of benzene rings is 1. The third-order valence-electron chi connectivity index (χ3n) is 4.39. The second kappa shape index (κ2) is 6.94. The molecule has 0 amide bonds. The van der Waals surface area contributed by atoms with Gasteiger partial charge in [-0.25, -0.2) is 0 Å². The summed E-state index contributed by atoms with van der Waals surface area (Å²) >= 11 is 6.11. The highest BCUT2D eigenvalue weighted by molar-refractivity contribution is 6.30. The van der Waals surface area contributed by atoms with Crippen LogP contribution in [0.25, 0.3) is 0 Å². The standard InChI is InChI=1S/C15H24BClN2O/c16-19-9-2-5-13(11-19)15(20,7-3-8-18)12-4-1-6-14(17)10-12/h1,4,6,10,13,20H,2-3,5,7-9,11,16,18H2/t13-,15-/m1/s1. The largest absolute Gasteiger partial charge is 0.385 e. The molecular formula is C15H24BClN2O. The van der Waals surface area contributed by atoms with E-state index in [4.69, 9.17) is 17.3 Å². The van der Waals surface area contributed by atoms with Crippen LogP contribution in [0, 0.1) is 5.92 Å². The lowest BCUT2D eigenvalue weighted by atomic mass is 9.74. The second-order valence-corrected chi connectivity index (χ2v) is 6.36. The Labute approximate surface area is 127 Å². The van der Waals surface area contributed by atoms with Gasteiger partial charge in [-0.2, -0.15) is 0 Å². The molecule has 1 fully saturated rings. The fourth-order valence-electron chi connectivity index (χ4n) is 3.27. The number of hydrogen-bond acceptors (Lipinski definition) is 3. The predicted octanol–water partition coefficient (Wildman–Crippen LogP) is 1.53. The highest BCUT2D eigenvalue weighted by atomic mass is 35.5. The van der Waals surface area contributed by atoms with Gasteiger partial charge in [0.2, 0.25) is 0 Å². The van der Waals surface area contributed by atoms with Gasteiger partial charge in [0.1, 0.15) is 0 Å². The van der Waals surface area contributed by atoms with Crippen LogP contribution in [0.3, 0.4) is 0 Å². The average molecular weight is 295 g/mol. The van der Waals surface area contributed by atoms with Crippen LogP contribution in [0.1, 0.15) is 31.2 Å². The molecule has 1 saturated heterocycles. The van der Waals surface area contributed by atoms with E-state index in [1.165, 1.54) is 0 Å². The molecule has 1 heterocycles. The molecule has 0 bridgehead atoms. The Morgan fingerprint density at radius 1 is 1.50 bits per heavy atom. The summed E-state index contributed by atoms with van der Waals surface area (Å²) in [6.07, 6.45) is 3.70. The van der Waals surface area contributed by atoms with E-state index in [9.17, 15) is 5.11 Å². The van der Waals surface area contributed by atoms with Gasteiger partial charge in [0.15, 0.2) is 7.98 Å². The number of aliphatic hydroxyl groups is 1. The molecule has 5 heteroatoms. The maximum atomic E-state index is 11.3. The Balaban J connectivity index is 2.28. The molecule has 3 N–H and O–H groups in total. The Hall–Kier alpha value is -0.545. The zero-order valence-electron chi connectivity index (χ0n) is 12.2. The summed E-state index contributed by atoms with van der Waals surface area (Å²) in [7, 11) is 2.12. The summed E-state index contributed by atoms with van der Waals surface area (Å²) in [6, 6.07) is 7.64. The summed E-state index contributed by atoms with van der Waals surface area (Å²) < 4.78 is 0. The van der Waals surface area contributed by atoms with Gasteiger partial charge in [-0.15, -0.1) is 0 Å². The summed E-state index contributed by atoms with van der Waals surface area (Å²) in [5, 5.41) is 12.0. The summed E-state index contributed by atoms with van der Waals surface area (Å²) in [6.45, 7) is 2.64. The first-order chi connectivity index (χ1) is 9.56. The number of piperidine rings is 1. The van der Waals surface area contributed by atoms with Gasteiger partial charge in [0.25, 0.3) is 0 Å². The third-order valence-corrected chi connectivity index (χ3v) is 4.62. The molecule has 0 saturated carbocycles. The number of hydrogen-bond donors (Lipinski definition) is 2. The van der Waals surface area contributed by atoms with Gasteiger partial charge in [-0.3, -0.25) is 0 Å². The van der Waals surface area contributed by atoms with Gasteiger partial charge >= 0.3 is 0 Å². The van der Waals surface area contributed by atoms with Crippen LogP contribution < -0.4 is 5.73 Å². The molecule has 20 heavy (non-hydrogen) atoms. The van der Waals surface area contributed by atoms with E-state index >= 15 is 0 Å². The smallest absolute Gasteiger partial charge is 0.185 e. The van der Waals surface area contributed by atoms with E-state index in [0.29, 0.717) is 18.0 Å². The molecule has 3 nitrogen and oxygen atoms in total. The molecular weight excluding hydrogens is 270 g/mol. The van der Waals surface area contributed by atoms with Crippen molar-refractivity contribution in [2.75, 3.05) is 19.6 Å². The van der Waals surface area contributed by atoms with Crippen molar-refractivity contribution in [3.63, 3.8) is 0 Å². The first-order valence-corrected chi connectivity index (χ1v) is 7.81. The molecule has 0 aromatic heterocycles. The monoisotopic (exact) mass is 294 g/mol. The Bertz CT molecular complexity index is 446.